The van der Waals surface area contributed by atoms with Crippen molar-refractivity contribution in [2.24, 2.45) is 0 Å². The van der Waals surface area contributed by atoms with E-state index in [-0.39, 0.29) is 5.91 Å². The lowest BCUT2D eigenvalue weighted by Crippen LogP contribution is -2.11. The summed E-state index contributed by atoms with van der Waals surface area (Å²) in [4.78, 5) is 18.2. The van der Waals surface area contributed by atoms with Crippen LogP contribution >= 0.6 is 23.1 Å². The minimum Gasteiger partial charge on any atom is -0.298 e. The maximum atomic E-state index is 12.5. The molecule has 1 aromatic heterocycles. The number of thioether (sulfide) groups is 1. The first-order valence-corrected chi connectivity index (χ1v) is 9.58. The molecule has 3 nitrogen and oxygen atoms in total. The van der Waals surface area contributed by atoms with E-state index in [2.05, 4.69) is 44.1 Å². The van der Waals surface area contributed by atoms with E-state index in [9.17, 15) is 4.79 Å². The second kappa shape index (κ2) is 6.95. The minimum absolute atomic E-state index is 0.116. The fourth-order valence-corrected chi connectivity index (χ4v) is 4.39. The lowest BCUT2D eigenvalue weighted by atomic mass is 10.1. The smallest absolute Gasteiger partial charge is 0.257 e. The van der Waals surface area contributed by atoms with Gasteiger partial charge in [-0.05, 0) is 49.2 Å². The van der Waals surface area contributed by atoms with Crippen molar-refractivity contribution in [2.75, 3.05) is 5.32 Å². The molecule has 0 atom stereocenters. The zero-order chi connectivity index (χ0) is 17.3. The van der Waals surface area contributed by atoms with E-state index in [0.717, 1.165) is 15.1 Å². The molecule has 1 heterocycles. The number of nitrogens with one attached hydrogen (secondary N) is 1. The van der Waals surface area contributed by atoms with Crippen molar-refractivity contribution in [1.29, 1.82) is 0 Å². The summed E-state index contributed by atoms with van der Waals surface area (Å²) in [7, 11) is 0. The van der Waals surface area contributed by atoms with Crippen molar-refractivity contribution in [3.63, 3.8) is 0 Å². The molecule has 3 aromatic rings. The van der Waals surface area contributed by atoms with Crippen molar-refractivity contribution in [2.45, 2.75) is 37.8 Å². The number of carbonyl (C=O) groups excluding carboxylic acids is 1. The Hall–Kier alpha value is -1.85. The first-order valence-electron chi connectivity index (χ1n) is 7.88. The summed E-state index contributed by atoms with van der Waals surface area (Å²) in [5.74, 6) is -0.116. The second-order valence-electron chi connectivity index (χ2n) is 6.10. The van der Waals surface area contributed by atoms with Crippen molar-refractivity contribution < 1.29 is 4.79 Å². The van der Waals surface area contributed by atoms with Crippen LogP contribution in [0.15, 0.2) is 41.3 Å². The minimum atomic E-state index is -0.116. The van der Waals surface area contributed by atoms with Crippen molar-refractivity contribution in [1.82, 2.24) is 4.98 Å². The summed E-state index contributed by atoms with van der Waals surface area (Å²) < 4.78 is 1.13. The molecule has 1 amide bonds. The summed E-state index contributed by atoms with van der Waals surface area (Å²) in [6, 6.07) is 11.9. The molecule has 124 valence electrons. The van der Waals surface area contributed by atoms with Gasteiger partial charge in [0, 0.05) is 15.7 Å². The molecule has 0 aliphatic rings. The molecule has 0 spiro atoms. The van der Waals surface area contributed by atoms with E-state index < -0.39 is 0 Å². The number of aryl methyl sites for hydroxylation is 2. The topological polar surface area (TPSA) is 42.0 Å². The highest BCUT2D eigenvalue weighted by atomic mass is 32.2. The zero-order valence-electron chi connectivity index (χ0n) is 14.2. The molecule has 0 radical (unpaired) electrons. The first kappa shape index (κ1) is 17.0. The highest BCUT2D eigenvalue weighted by molar-refractivity contribution is 7.99. The molecule has 24 heavy (non-hydrogen) atoms. The summed E-state index contributed by atoms with van der Waals surface area (Å²) in [5.41, 5.74) is 3.98. The number of nitrogens with zero attached hydrogens (tertiary/aromatic N) is 1. The lowest BCUT2D eigenvalue weighted by Gasteiger charge is -2.07. The molecule has 2 aromatic carbocycles. The van der Waals surface area contributed by atoms with Gasteiger partial charge < -0.3 is 0 Å². The lowest BCUT2D eigenvalue weighted by molar-refractivity contribution is 0.102. The number of anilines is 1. The molecule has 0 aliphatic heterocycles. The van der Waals surface area contributed by atoms with Crippen LogP contribution in [-0.2, 0) is 0 Å². The van der Waals surface area contributed by atoms with Gasteiger partial charge in [0.2, 0.25) is 0 Å². The van der Waals surface area contributed by atoms with Crippen LogP contribution in [0.5, 0.6) is 0 Å². The van der Waals surface area contributed by atoms with E-state index in [1.807, 2.05) is 30.3 Å². The van der Waals surface area contributed by atoms with Gasteiger partial charge in [0.15, 0.2) is 5.13 Å². The van der Waals surface area contributed by atoms with Crippen LogP contribution in [-0.4, -0.2) is 16.1 Å². The third-order valence-corrected chi connectivity index (χ3v) is 5.63. The van der Waals surface area contributed by atoms with Crippen LogP contribution < -0.4 is 5.32 Å². The highest BCUT2D eigenvalue weighted by Crippen LogP contribution is 2.30. The van der Waals surface area contributed by atoms with Crippen molar-refractivity contribution >= 4 is 44.4 Å². The van der Waals surface area contributed by atoms with Gasteiger partial charge in [-0.25, -0.2) is 4.98 Å². The van der Waals surface area contributed by atoms with Crippen LogP contribution in [0.1, 0.15) is 35.3 Å². The Morgan fingerprint density at radius 3 is 2.75 bits per heavy atom. The summed E-state index contributed by atoms with van der Waals surface area (Å²) >= 11 is 3.27. The van der Waals surface area contributed by atoms with Crippen LogP contribution in [0.4, 0.5) is 5.13 Å². The Bertz CT molecular complexity index is 900. The second-order valence-corrected chi connectivity index (χ2v) is 8.75. The van der Waals surface area contributed by atoms with Gasteiger partial charge in [0.25, 0.3) is 5.91 Å². The van der Waals surface area contributed by atoms with E-state index in [4.69, 9.17) is 0 Å². The van der Waals surface area contributed by atoms with Crippen LogP contribution in [0.2, 0.25) is 0 Å². The number of amides is 1. The maximum Gasteiger partial charge on any atom is 0.257 e. The number of benzene rings is 2. The SMILES string of the molecule is Cc1cc(C)c2sc(NC(=O)c3cccc(SC(C)C)c3)nc2c1. The van der Waals surface area contributed by atoms with Gasteiger partial charge in [0.05, 0.1) is 10.2 Å². The van der Waals surface area contributed by atoms with Gasteiger partial charge in [0.1, 0.15) is 0 Å². The van der Waals surface area contributed by atoms with E-state index in [1.54, 1.807) is 11.8 Å². The molecule has 0 bridgehead atoms. The Balaban J connectivity index is 1.83. The zero-order valence-corrected chi connectivity index (χ0v) is 15.8. The quantitative estimate of drug-likeness (QED) is 0.613. The highest BCUT2D eigenvalue weighted by Gasteiger charge is 2.12. The number of carbonyl (C=O) groups is 1. The number of rotatable bonds is 4. The van der Waals surface area contributed by atoms with Gasteiger partial charge in [-0.3, -0.25) is 10.1 Å². The molecule has 0 aliphatic carbocycles. The number of thiazole rings is 1. The number of hydrogen-bond donors (Lipinski definition) is 1. The molecule has 3 rings (SSSR count). The Labute approximate surface area is 150 Å². The van der Waals surface area contributed by atoms with E-state index >= 15 is 0 Å². The Morgan fingerprint density at radius 1 is 1.21 bits per heavy atom. The van der Waals surface area contributed by atoms with Crippen molar-refractivity contribution in [3.8, 4) is 0 Å². The molecular weight excluding hydrogens is 336 g/mol. The van der Waals surface area contributed by atoms with Crippen molar-refractivity contribution in [3.05, 3.63) is 53.1 Å². The average molecular weight is 357 g/mol. The predicted molar refractivity (Wildman–Crippen MR) is 104 cm³/mol. The summed E-state index contributed by atoms with van der Waals surface area (Å²) in [6.45, 7) is 8.42. The van der Waals surface area contributed by atoms with Gasteiger partial charge in [-0.2, -0.15) is 0 Å². The number of fused-ring (bicyclic) bond motifs is 1. The number of hydrogen-bond acceptors (Lipinski definition) is 4. The Morgan fingerprint density at radius 2 is 2.00 bits per heavy atom. The standard InChI is InChI=1S/C19H20N2OS2/c1-11(2)23-15-7-5-6-14(10-15)18(22)21-19-20-16-9-12(3)8-13(4)17(16)24-19/h5-11H,1-4H3,(H,20,21,22). The van der Waals surface area contributed by atoms with E-state index in [1.165, 1.54) is 22.5 Å². The van der Waals surface area contributed by atoms with Crippen LogP contribution in [0.3, 0.4) is 0 Å². The number of aromatic nitrogens is 1. The summed E-state index contributed by atoms with van der Waals surface area (Å²) in [6.07, 6.45) is 0. The molecular formula is C19H20N2OS2. The maximum absolute atomic E-state index is 12.5. The fourth-order valence-electron chi connectivity index (χ4n) is 2.58. The average Bonchev–Trinajstić information content (AvgIpc) is 2.89. The molecule has 1 N–H and O–H groups in total. The molecule has 5 heteroatoms. The molecule has 0 saturated heterocycles. The van der Waals surface area contributed by atoms with E-state index in [0.29, 0.717) is 15.9 Å². The normalized spacial score (nSPS) is 11.2. The van der Waals surface area contributed by atoms with Gasteiger partial charge >= 0.3 is 0 Å². The monoisotopic (exact) mass is 356 g/mol. The fraction of sp³-hybridized carbons (Fsp3) is 0.263. The van der Waals surface area contributed by atoms with Crippen LogP contribution in [0, 0.1) is 13.8 Å². The largest absolute Gasteiger partial charge is 0.298 e. The molecule has 0 unspecified atom stereocenters. The Kier molecular flexibility index (Phi) is 4.92. The summed E-state index contributed by atoms with van der Waals surface area (Å²) in [5, 5.41) is 4.06. The predicted octanol–water partition coefficient (Wildman–Crippen LogP) is 5.67. The first-order chi connectivity index (χ1) is 11.4. The van der Waals surface area contributed by atoms with Gasteiger partial charge in [-0.15, -0.1) is 11.8 Å². The molecule has 0 fully saturated rings. The van der Waals surface area contributed by atoms with Crippen LogP contribution in [0.25, 0.3) is 10.2 Å². The third-order valence-electron chi connectivity index (χ3n) is 3.51. The molecule has 0 saturated carbocycles. The third kappa shape index (κ3) is 3.79. The van der Waals surface area contributed by atoms with Gasteiger partial charge in [-0.1, -0.05) is 37.3 Å².